The number of benzene rings is 1. The Hall–Kier alpha value is -3.09. The molecule has 0 aliphatic heterocycles. The molecule has 0 bridgehead atoms. The van der Waals surface area contributed by atoms with Crippen LogP contribution in [0.3, 0.4) is 0 Å². The van der Waals surface area contributed by atoms with Crippen LogP contribution in [0.1, 0.15) is 34.3 Å². The number of hydrogen-bond donors (Lipinski definition) is 2. The molecule has 28 heavy (non-hydrogen) atoms. The van der Waals surface area contributed by atoms with Gasteiger partial charge in [-0.05, 0) is 68.0 Å². The predicted molar refractivity (Wildman–Crippen MR) is 106 cm³/mol. The minimum atomic E-state index is -0.312. The third-order valence-electron chi connectivity index (χ3n) is 5.20. The van der Waals surface area contributed by atoms with Crippen molar-refractivity contribution >= 4 is 22.9 Å². The summed E-state index contributed by atoms with van der Waals surface area (Å²) < 4.78 is 13.4. The van der Waals surface area contributed by atoms with E-state index in [0.717, 1.165) is 24.2 Å². The van der Waals surface area contributed by atoms with E-state index < -0.39 is 0 Å². The second kappa shape index (κ2) is 7.50. The van der Waals surface area contributed by atoms with Crippen molar-refractivity contribution in [3.05, 3.63) is 59.2 Å². The van der Waals surface area contributed by atoms with E-state index in [4.69, 9.17) is 0 Å². The molecule has 0 radical (unpaired) electrons. The first-order chi connectivity index (χ1) is 13.5. The number of aryl methyl sites for hydroxylation is 2. The molecule has 1 amide bonds. The van der Waals surface area contributed by atoms with Gasteiger partial charge in [-0.25, -0.2) is 14.4 Å². The highest BCUT2D eigenvalue weighted by Crippen LogP contribution is 2.29. The number of nitrogens with zero attached hydrogens (tertiary/aromatic N) is 3. The molecule has 0 unspecified atom stereocenters. The normalized spacial score (nSPS) is 18.5. The van der Waals surface area contributed by atoms with Crippen molar-refractivity contribution in [1.29, 1.82) is 0 Å². The van der Waals surface area contributed by atoms with E-state index in [-0.39, 0.29) is 11.7 Å². The summed E-state index contributed by atoms with van der Waals surface area (Å²) in [6, 6.07) is 6.93. The molecular weight excluding hydrogens is 357 g/mol. The van der Waals surface area contributed by atoms with E-state index >= 15 is 0 Å². The van der Waals surface area contributed by atoms with Gasteiger partial charge in [-0.1, -0.05) is 0 Å². The zero-order chi connectivity index (χ0) is 19.7. The molecule has 0 saturated heterocycles. The Kier molecular flexibility index (Phi) is 4.90. The largest absolute Gasteiger partial charge is 0.367 e. The van der Waals surface area contributed by atoms with E-state index in [0.29, 0.717) is 40.8 Å². The summed E-state index contributed by atoms with van der Waals surface area (Å²) in [4.78, 5) is 25.4. The van der Waals surface area contributed by atoms with Gasteiger partial charge in [0, 0.05) is 30.5 Å². The molecule has 144 valence electrons. The van der Waals surface area contributed by atoms with Crippen LogP contribution in [0.5, 0.6) is 0 Å². The fourth-order valence-electron chi connectivity index (χ4n) is 3.76. The number of rotatable bonds is 5. The Morgan fingerprint density at radius 3 is 2.61 bits per heavy atom. The fourth-order valence-corrected chi connectivity index (χ4v) is 3.76. The van der Waals surface area contributed by atoms with Gasteiger partial charge in [0.05, 0.1) is 0 Å². The molecule has 6 nitrogen and oxygen atoms in total. The summed E-state index contributed by atoms with van der Waals surface area (Å²) in [6.45, 7) is 4.13. The van der Waals surface area contributed by atoms with E-state index in [1.807, 2.05) is 12.1 Å². The molecule has 3 aromatic rings. The van der Waals surface area contributed by atoms with E-state index in [2.05, 4.69) is 25.6 Å². The van der Waals surface area contributed by atoms with Gasteiger partial charge >= 0.3 is 0 Å². The number of hydrogen-bond acceptors (Lipinski definition) is 5. The Morgan fingerprint density at radius 2 is 1.86 bits per heavy atom. The Balaban J connectivity index is 1.28. The van der Waals surface area contributed by atoms with Crippen LogP contribution in [0, 0.1) is 25.6 Å². The van der Waals surface area contributed by atoms with E-state index in [1.165, 1.54) is 12.1 Å². The van der Waals surface area contributed by atoms with E-state index in [9.17, 15) is 9.18 Å². The van der Waals surface area contributed by atoms with Crippen molar-refractivity contribution in [2.75, 3.05) is 11.9 Å². The highest BCUT2D eigenvalue weighted by Gasteiger charge is 2.29. The summed E-state index contributed by atoms with van der Waals surface area (Å²) in [6.07, 6.45) is 5.20. The second-order valence-corrected chi connectivity index (χ2v) is 7.40. The van der Waals surface area contributed by atoms with Crippen molar-refractivity contribution in [2.45, 2.75) is 32.7 Å². The molecular formula is C21H22FN5O. The van der Waals surface area contributed by atoms with Gasteiger partial charge in [-0.15, -0.1) is 0 Å². The van der Waals surface area contributed by atoms with Gasteiger partial charge < -0.3 is 10.6 Å². The number of carbonyl (C=O) groups excluding carboxylic acids is 1. The average molecular weight is 379 g/mol. The van der Waals surface area contributed by atoms with Crippen LogP contribution in [0.15, 0.2) is 36.7 Å². The number of pyridine rings is 1. The summed E-state index contributed by atoms with van der Waals surface area (Å²) in [5.41, 5.74) is 3.29. The van der Waals surface area contributed by atoms with Crippen LogP contribution in [-0.4, -0.2) is 33.4 Å². The van der Waals surface area contributed by atoms with Crippen molar-refractivity contribution in [3.8, 4) is 0 Å². The summed E-state index contributed by atoms with van der Waals surface area (Å²) in [5.74, 6) is 0.759. The molecule has 0 atom stereocenters. The quantitative estimate of drug-likeness (QED) is 0.710. The third kappa shape index (κ3) is 3.78. The van der Waals surface area contributed by atoms with Crippen molar-refractivity contribution < 1.29 is 9.18 Å². The highest BCUT2D eigenvalue weighted by atomic mass is 19.1. The maximum atomic E-state index is 13.4. The lowest BCUT2D eigenvalue weighted by Gasteiger charge is -2.36. The molecule has 4 rings (SSSR count). The van der Waals surface area contributed by atoms with Crippen LogP contribution in [0.25, 0.3) is 11.2 Å². The Bertz CT molecular complexity index is 1010. The predicted octanol–water partition coefficient (Wildman–Crippen LogP) is 3.40. The van der Waals surface area contributed by atoms with E-state index in [1.54, 1.807) is 26.2 Å². The number of amides is 1. The highest BCUT2D eigenvalue weighted by molar-refractivity contribution is 5.97. The molecule has 1 aliphatic rings. The number of anilines is 1. The molecule has 1 aromatic carbocycles. The van der Waals surface area contributed by atoms with Crippen LogP contribution >= 0.6 is 0 Å². The molecule has 2 heterocycles. The maximum Gasteiger partial charge on any atom is 0.251 e. The zero-order valence-electron chi connectivity index (χ0n) is 15.9. The van der Waals surface area contributed by atoms with Crippen molar-refractivity contribution in [1.82, 2.24) is 20.3 Å². The molecule has 7 heteroatoms. The number of fused-ring (bicyclic) bond motifs is 1. The van der Waals surface area contributed by atoms with Crippen molar-refractivity contribution in [2.24, 2.45) is 5.92 Å². The van der Waals surface area contributed by atoms with Crippen LogP contribution in [0.2, 0.25) is 0 Å². The SMILES string of the molecule is Cc1cc(F)cc(C)c1C(=O)NCC1CC(Nc2ccc3nccnc3n2)C1. The minimum absolute atomic E-state index is 0.138. The molecule has 1 fully saturated rings. The van der Waals surface area contributed by atoms with Gasteiger partial charge in [0.1, 0.15) is 17.2 Å². The monoisotopic (exact) mass is 379 g/mol. The molecule has 1 saturated carbocycles. The summed E-state index contributed by atoms with van der Waals surface area (Å²) >= 11 is 0. The lowest BCUT2D eigenvalue weighted by molar-refractivity contribution is 0.0935. The lowest BCUT2D eigenvalue weighted by Crippen LogP contribution is -2.42. The topological polar surface area (TPSA) is 79.8 Å². The minimum Gasteiger partial charge on any atom is -0.367 e. The van der Waals surface area contributed by atoms with Gasteiger partial charge in [-0.2, -0.15) is 0 Å². The van der Waals surface area contributed by atoms with Crippen LogP contribution in [0.4, 0.5) is 10.2 Å². The first kappa shape index (κ1) is 18.3. The third-order valence-corrected chi connectivity index (χ3v) is 5.20. The molecule has 2 aromatic heterocycles. The number of nitrogens with one attached hydrogen (secondary N) is 2. The second-order valence-electron chi connectivity index (χ2n) is 7.40. The molecule has 1 aliphatic carbocycles. The maximum absolute atomic E-state index is 13.4. The molecule has 2 N–H and O–H groups in total. The van der Waals surface area contributed by atoms with Crippen LogP contribution in [-0.2, 0) is 0 Å². The van der Waals surface area contributed by atoms with Crippen molar-refractivity contribution in [3.63, 3.8) is 0 Å². The standard InChI is InChI=1S/C21H22FN5O/c1-12-7-15(22)8-13(2)19(12)21(28)25-11-14-9-16(10-14)26-18-4-3-17-20(27-18)24-6-5-23-17/h3-8,14,16H,9-11H2,1-2H3,(H,25,28)(H,24,26,27). The van der Waals surface area contributed by atoms with Gasteiger partial charge in [0.25, 0.3) is 5.91 Å². The Labute approximate surface area is 162 Å². The smallest absolute Gasteiger partial charge is 0.251 e. The van der Waals surface area contributed by atoms with Gasteiger partial charge in [-0.3, -0.25) is 9.78 Å². The molecule has 0 spiro atoms. The first-order valence-electron chi connectivity index (χ1n) is 9.39. The van der Waals surface area contributed by atoms with Crippen LogP contribution < -0.4 is 10.6 Å². The lowest BCUT2D eigenvalue weighted by atomic mass is 9.80. The number of carbonyl (C=O) groups is 1. The summed E-state index contributed by atoms with van der Waals surface area (Å²) in [5, 5.41) is 6.40. The summed E-state index contributed by atoms with van der Waals surface area (Å²) in [7, 11) is 0. The van der Waals surface area contributed by atoms with Gasteiger partial charge in [0.15, 0.2) is 5.65 Å². The first-order valence-corrected chi connectivity index (χ1v) is 9.39. The average Bonchev–Trinajstić information content (AvgIpc) is 2.62. The van der Waals surface area contributed by atoms with Gasteiger partial charge in [0.2, 0.25) is 0 Å². The number of aromatic nitrogens is 3. The zero-order valence-corrected chi connectivity index (χ0v) is 15.9. The number of halogens is 1. The Morgan fingerprint density at radius 1 is 1.14 bits per heavy atom. The fraction of sp³-hybridized carbons (Fsp3) is 0.333.